The van der Waals surface area contributed by atoms with Gasteiger partial charge in [0.1, 0.15) is 5.82 Å². The predicted molar refractivity (Wildman–Crippen MR) is 47.4 cm³/mol. The Balaban J connectivity index is 2.63. The molecule has 0 aliphatic rings. The van der Waals surface area contributed by atoms with Crippen molar-refractivity contribution in [1.82, 2.24) is 14.5 Å². The number of carboxylic acids is 1. The summed E-state index contributed by atoms with van der Waals surface area (Å²) in [6, 6.07) is 0. The van der Waals surface area contributed by atoms with Gasteiger partial charge in [0.25, 0.3) is 0 Å². The monoisotopic (exact) mass is 219 g/mol. The Morgan fingerprint density at radius 1 is 1.73 bits per heavy atom. The minimum atomic E-state index is -2.65. The molecule has 84 valence electrons. The zero-order valence-corrected chi connectivity index (χ0v) is 8.10. The Morgan fingerprint density at radius 3 is 2.93 bits per heavy atom. The maximum atomic E-state index is 12.4. The standard InChI is InChI=1S/C8H11F2N3O2/c1-12(5-7(14)15)4-6-11-2-3-13(6)8(9)10/h2-3,8H,4-5H2,1H3,(H,14,15). The fourth-order valence-corrected chi connectivity index (χ4v) is 1.17. The summed E-state index contributed by atoms with van der Waals surface area (Å²) in [6.07, 6.45) is 2.42. The average Bonchev–Trinajstić information content (AvgIpc) is 2.50. The summed E-state index contributed by atoms with van der Waals surface area (Å²) in [6.45, 7) is -2.79. The minimum Gasteiger partial charge on any atom is -0.480 e. The summed E-state index contributed by atoms with van der Waals surface area (Å²) in [5, 5.41) is 8.47. The van der Waals surface area contributed by atoms with Crippen LogP contribution in [0.1, 0.15) is 12.4 Å². The number of alkyl halides is 2. The van der Waals surface area contributed by atoms with Crippen LogP contribution in [-0.4, -0.2) is 39.1 Å². The molecule has 15 heavy (non-hydrogen) atoms. The van der Waals surface area contributed by atoms with Crippen LogP contribution in [0.25, 0.3) is 0 Å². The molecule has 0 radical (unpaired) electrons. The van der Waals surface area contributed by atoms with E-state index in [2.05, 4.69) is 4.98 Å². The van der Waals surface area contributed by atoms with Crippen LogP contribution in [0, 0.1) is 0 Å². The van der Waals surface area contributed by atoms with E-state index in [1.807, 2.05) is 0 Å². The molecule has 0 saturated carbocycles. The van der Waals surface area contributed by atoms with Crippen molar-refractivity contribution in [2.24, 2.45) is 0 Å². The van der Waals surface area contributed by atoms with Gasteiger partial charge in [-0.15, -0.1) is 0 Å². The van der Waals surface area contributed by atoms with Crippen molar-refractivity contribution in [3.63, 3.8) is 0 Å². The lowest BCUT2D eigenvalue weighted by molar-refractivity contribution is -0.138. The van der Waals surface area contributed by atoms with Gasteiger partial charge in [-0.25, -0.2) is 4.98 Å². The zero-order chi connectivity index (χ0) is 11.4. The quantitative estimate of drug-likeness (QED) is 0.795. The van der Waals surface area contributed by atoms with E-state index in [1.54, 1.807) is 0 Å². The Kier molecular flexibility index (Phi) is 3.73. The molecule has 0 unspecified atom stereocenters. The van der Waals surface area contributed by atoms with Gasteiger partial charge in [-0.05, 0) is 7.05 Å². The minimum absolute atomic E-state index is 0.0731. The van der Waals surface area contributed by atoms with E-state index in [1.165, 1.54) is 18.1 Å². The second-order valence-electron chi connectivity index (χ2n) is 3.09. The Bertz CT molecular complexity index is 340. The van der Waals surface area contributed by atoms with Crippen molar-refractivity contribution in [3.8, 4) is 0 Å². The van der Waals surface area contributed by atoms with Gasteiger partial charge in [-0.1, -0.05) is 0 Å². The molecule has 0 amide bonds. The number of likely N-dealkylation sites (N-methyl/N-ethyl adjacent to an activating group) is 1. The summed E-state index contributed by atoms with van der Waals surface area (Å²) in [7, 11) is 1.53. The lowest BCUT2D eigenvalue weighted by atomic mass is 10.5. The first-order valence-electron chi connectivity index (χ1n) is 4.21. The normalized spacial score (nSPS) is 11.3. The molecule has 1 aromatic heterocycles. The first kappa shape index (κ1) is 11.6. The van der Waals surface area contributed by atoms with Crippen LogP contribution in [0.2, 0.25) is 0 Å². The topological polar surface area (TPSA) is 58.4 Å². The number of imidazole rings is 1. The SMILES string of the molecule is CN(CC(=O)O)Cc1nccn1C(F)F. The number of carboxylic acid groups (broad SMARTS) is 1. The van der Waals surface area contributed by atoms with Crippen molar-refractivity contribution in [2.45, 2.75) is 13.1 Å². The highest BCUT2D eigenvalue weighted by atomic mass is 19.3. The molecule has 0 aliphatic carbocycles. The average molecular weight is 219 g/mol. The summed E-state index contributed by atoms with van der Waals surface area (Å²) in [4.78, 5) is 15.5. The van der Waals surface area contributed by atoms with Gasteiger partial charge in [0.15, 0.2) is 0 Å². The van der Waals surface area contributed by atoms with Gasteiger partial charge in [0, 0.05) is 12.4 Å². The molecule has 0 fully saturated rings. The number of aliphatic carboxylic acids is 1. The Morgan fingerprint density at radius 2 is 2.40 bits per heavy atom. The van der Waals surface area contributed by atoms with Crippen LogP contribution in [0.5, 0.6) is 0 Å². The first-order chi connectivity index (χ1) is 7.00. The van der Waals surface area contributed by atoms with E-state index >= 15 is 0 Å². The van der Waals surface area contributed by atoms with Gasteiger partial charge >= 0.3 is 12.5 Å². The zero-order valence-electron chi connectivity index (χ0n) is 8.10. The number of carbonyl (C=O) groups is 1. The fraction of sp³-hybridized carbons (Fsp3) is 0.500. The largest absolute Gasteiger partial charge is 0.480 e. The molecule has 0 aliphatic heterocycles. The lowest BCUT2D eigenvalue weighted by Gasteiger charge is -2.14. The van der Waals surface area contributed by atoms with Gasteiger partial charge in [-0.2, -0.15) is 8.78 Å². The molecule has 0 bridgehead atoms. The van der Waals surface area contributed by atoms with E-state index in [4.69, 9.17) is 5.11 Å². The van der Waals surface area contributed by atoms with E-state index < -0.39 is 12.5 Å². The molecular formula is C8H11F2N3O2. The second kappa shape index (κ2) is 4.83. The summed E-state index contributed by atoms with van der Waals surface area (Å²) >= 11 is 0. The number of nitrogens with zero attached hydrogens (tertiary/aromatic N) is 3. The summed E-state index contributed by atoms with van der Waals surface area (Å²) in [5.41, 5.74) is 0. The molecule has 0 spiro atoms. The maximum Gasteiger partial charge on any atom is 0.319 e. The number of rotatable bonds is 5. The molecule has 1 N–H and O–H groups in total. The Labute approximate surface area is 84.9 Å². The van der Waals surface area contributed by atoms with Crippen LogP contribution in [0.3, 0.4) is 0 Å². The first-order valence-corrected chi connectivity index (χ1v) is 4.21. The van der Waals surface area contributed by atoms with Gasteiger partial charge < -0.3 is 5.11 Å². The van der Waals surface area contributed by atoms with E-state index in [9.17, 15) is 13.6 Å². The van der Waals surface area contributed by atoms with Gasteiger partial charge in [0.05, 0.1) is 13.1 Å². The van der Waals surface area contributed by atoms with E-state index in [0.717, 1.165) is 6.20 Å². The van der Waals surface area contributed by atoms with Crippen molar-refractivity contribution in [3.05, 3.63) is 18.2 Å². The third kappa shape index (κ3) is 3.28. The highest BCUT2D eigenvalue weighted by molar-refractivity contribution is 5.68. The Hall–Kier alpha value is -1.50. The van der Waals surface area contributed by atoms with Crippen molar-refractivity contribution >= 4 is 5.97 Å². The molecule has 0 atom stereocenters. The van der Waals surface area contributed by atoms with Crippen molar-refractivity contribution in [1.29, 1.82) is 0 Å². The fourth-order valence-electron chi connectivity index (χ4n) is 1.17. The highest BCUT2D eigenvalue weighted by Gasteiger charge is 2.13. The van der Waals surface area contributed by atoms with E-state index in [-0.39, 0.29) is 18.9 Å². The molecule has 1 rings (SSSR count). The summed E-state index contributed by atoms with van der Waals surface area (Å²) < 4.78 is 25.4. The van der Waals surface area contributed by atoms with Gasteiger partial charge in [-0.3, -0.25) is 14.3 Å². The molecule has 7 heteroatoms. The molecular weight excluding hydrogens is 208 g/mol. The molecule has 1 aromatic rings. The predicted octanol–water partition coefficient (Wildman–Crippen LogP) is 0.795. The smallest absolute Gasteiger partial charge is 0.319 e. The van der Waals surface area contributed by atoms with Crippen LogP contribution < -0.4 is 0 Å². The molecule has 0 saturated heterocycles. The van der Waals surface area contributed by atoms with Gasteiger partial charge in [0.2, 0.25) is 0 Å². The van der Waals surface area contributed by atoms with Crippen LogP contribution >= 0.6 is 0 Å². The summed E-state index contributed by atoms with van der Waals surface area (Å²) in [5.74, 6) is -0.860. The van der Waals surface area contributed by atoms with Crippen LogP contribution in [0.15, 0.2) is 12.4 Å². The third-order valence-electron chi connectivity index (χ3n) is 1.78. The molecule has 0 aromatic carbocycles. The highest BCUT2D eigenvalue weighted by Crippen LogP contribution is 2.13. The van der Waals surface area contributed by atoms with Crippen LogP contribution in [-0.2, 0) is 11.3 Å². The van der Waals surface area contributed by atoms with Crippen molar-refractivity contribution < 1.29 is 18.7 Å². The van der Waals surface area contributed by atoms with Crippen LogP contribution in [0.4, 0.5) is 8.78 Å². The second-order valence-corrected chi connectivity index (χ2v) is 3.09. The van der Waals surface area contributed by atoms with Crippen molar-refractivity contribution in [2.75, 3.05) is 13.6 Å². The number of aromatic nitrogens is 2. The molecule has 5 nitrogen and oxygen atoms in total. The van der Waals surface area contributed by atoms with E-state index in [0.29, 0.717) is 4.57 Å². The molecule has 1 heterocycles. The third-order valence-corrected chi connectivity index (χ3v) is 1.78. The maximum absolute atomic E-state index is 12.4. The number of hydrogen-bond donors (Lipinski definition) is 1. The number of halogens is 2. The lowest BCUT2D eigenvalue weighted by Crippen LogP contribution is -2.26. The number of hydrogen-bond acceptors (Lipinski definition) is 3.